The van der Waals surface area contributed by atoms with E-state index < -0.39 is 17.8 Å². The molecule has 1 fully saturated rings. The molecule has 2 aromatic heterocycles. The number of anilines is 1. The molecule has 32 heavy (non-hydrogen) atoms. The van der Waals surface area contributed by atoms with Gasteiger partial charge in [0, 0.05) is 17.6 Å². The zero-order valence-electron chi connectivity index (χ0n) is 17.1. The number of hydrogen-bond donors (Lipinski definition) is 1. The monoisotopic (exact) mass is 448 g/mol. The van der Waals surface area contributed by atoms with Gasteiger partial charge in [0.05, 0.1) is 37.4 Å². The second-order valence-corrected chi connectivity index (χ2v) is 7.43. The summed E-state index contributed by atoms with van der Waals surface area (Å²) in [6.07, 6.45) is -1.65. The van der Waals surface area contributed by atoms with Crippen LogP contribution in [-0.2, 0) is 15.7 Å². The molecule has 168 valence electrons. The van der Waals surface area contributed by atoms with Crippen LogP contribution in [0.3, 0.4) is 0 Å². The van der Waals surface area contributed by atoms with Gasteiger partial charge >= 0.3 is 12.1 Å². The molecule has 0 spiro atoms. The molecule has 0 saturated heterocycles. The van der Waals surface area contributed by atoms with Gasteiger partial charge in [0.2, 0.25) is 0 Å². The van der Waals surface area contributed by atoms with Crippen molar-refractivity contribution in [2.75, 3.05) is 19.5 Å². The number of esters is 1. The van der Waals surface area contributed by atoms with Gasteiger partial charge in [-0.1, -0.05) is 6.07 Å². The molecule has 1 N–H and O–H groups in total. The highest BCUT2D eigenvalue weighted by molar-refractivity contribution is 6.05. The molecule has 0 atom stereocenters. The summed E-state index contributed by atoms with van der Waals surface area (Å²) in [5, 5.41) is 7.76. The molecular formula is C21H19F3N4O4. The van der Waals surface area contributed by atoms with Gasteiger partial charge < -0.3 is 14.8 Å². The zero-order valence-corrected chi connectivity index (χ0v) is 17.1. The molecule has 0 bridgehead atoms. The molecule has 11 heteroatoms. The second kappa shape index (κ2) is 8.13. The third kappa shape index (κ3) is 4.10. The number of amides is 1. The fourth-order valence-corrected chi connectivity index (χ4v) is 3.59. The Morgan fingerprint density at radius 3 is 2.59 bits per heavy atom. The smallest absolute Gasteiger partial charge is 0.433 e. The number of carbonyl (C=O) groups is 2. The summed E-state index contributed by atoms with van der Waals surface area (Å²) in [6.45, 7) is 0. The first kappa shape index (κ1) is 21.6. The molecule has 1 amide bonds. The van der Waals surface area contributed by atoms with Crippen LogP contribution in [0.4, 0.5) is 18.9 Å². The SMILES string of the molecule is COc1cc2nn([C@H]3C[C@H](C(=O)OC)C3)cc2cc1NC(=O)c1cccc(C(F)(F)F)n1. The number of nitrogens with zero attached hydrogens (tertiary/aromatic N) is 3. The van der Waals surface area contributed by atoms with Crippen molar-refractivity contribution in [3.63, 3.8) is 0 Å². The van der Waals surface area contributed by atoms with E-state index in [2.05, 4.69) is 15.4 Å². The Balaban J connectivity index is 1.56. The minimum Gasteiger partial charge on any atom is -0.494 e. The summed E-state index contributed by atoms with van der Waals surface area (Å²) in [4.78, 5) is 27.5. The van der Waals surface area contributed by atoms with Crippen LogP contribution in [-0.4, -0.2) is 40.9 Å². The zero-order chi connectivity index (χ0) is 23.0. The standard InChI is InChI=1S/C21H19F3N4O4/c1-31-17-9-15-12(10-28(27-15)13-6-11(7-13)20(30)32-2)8-16(17)26-19(29)14-4-3-5-18(25-14)21(22,23)24/h3-5,8-11,13H,6-7H2,1-2H3,(H,26,29)/t11-,13-. The maximum atomic E-state index is 12.9. The number of rotatable bonds is 5. The molecule has 3 aromatic rings. The van der Waals surface area contributed by atoms with E-state index in [-0.39, 0.29) is 29.3 Å². The maximum absolute atomic E-state index is 12.9. The summed E-state index contributed by atoms with van der Waals surface area (Å²) in [5.41, 5.74) is -0.649. The number of nitrogens with one attached hydrogen (secondary N) is 1. The highest BCUT2D eigenvalue weighted by Crippen LogP contribution is 2.39. The first-order valence-electron chi connectivity index (χ1n) is 9.70. The molecule has 8 nitrogen and oxygen atoms in total. The van der Waals surface area contributed by atoms with E-state index in [4.69, 9.17) is 9.47 Å². The van der Waals surface area contributed by atoms with Gasteiger partial charge in [-0.15, -0.1) is 0 Å². The fourth-order valence-electron chi connectivity index (χ4n) is 3.59. The molecule has 1 aliphatic carbocycles. The second-order valence-electron chi connectivity index (χ2n) is 7.43. The molecule has 1 aliphatic rings. The average molecular weight is 448 g/mol. The molecule has 4 rings (SSSR count). The Kier molecular flexibility index (Phi) is 5.49. The number of methoxy groups -OCH3 is 2. The number of hydrogen-bond acceptors (Lipinski definition) is 6. The Labute approximate surface area is 180 Å². The largest absolute Gasteiger partial charge is 0.494 e. The van der Waals surface area contributed by atoms with Crippen LogP contribution in [0.25, 0.3) is 10.9 Å². The van der Waals surface area contributed by atoms with E-state index in [0.29, 0.717) is 29.5 Å². The van der Waals surface area contributed by atoms with E-state index in [9.17, 15) is 22.8 Å². The van der Waals surface area contributed by atoms with E-state index in [0.717, 1.165) is 12.1 Å². The number of alkyl halides is 3. The fraction of sp³-hybridized carbons (Fsp3) is 0.333. The summed E-state index contributed by atoms with van der Waals surface area (Å²) < 4.78 is 50.5. The van der Waals surface area contributed by atoms with Crippen molar-refractivity contribution in [2.45, 2.75) is 25.1 Å². The molecular weight excluding hydrogens is 429 g/mol. The Morgan fingerprint density at radius 1 is 1.19 bits per heavy atom. The van der Waals surface area contributed by atoms with Crippen LogP contribution in [0, 0.1) is 5.92 Å². The van der Waals surface area contributed by atoms with Crippen molar-refractivity contribution in [1.82, 2.24) is 14.8 Å². The van der Waals surface area contributed by atoms with Gasteiger partial charge in [-0.05, 0) is 31.0 Å². The van der Waals surface area contributed by atoms with E-state index >= 15 is 0 Å². The Hall–Kier alpha value is -3.63. The van der Waals surface area contributed by atoms with Crippen LogP contribution in [0.15, 0.2) is 36.5 Å². The summed E-state index contributed by atoms with van der Waals surface area (Å²) in [6, 6.07) is 6.40. The topological polar surface area (TPSA) is 95.3 Å². The van der Waals surface area contributed by atoms with Gasteiger partial charge in [0.1, 0.15) is 17.1 Å². The number of halogens is 3. The third-order valence-corrected chi connectivity index (χ3v) is 5.39. The van der Waals surface area contributed by atoms with Gasteiger partial charge in [0.25, 0.3) is 5.91 Å². The molecule has 0 aliphatic heterocycles. The quantitative estimate of drug-likeness (QED) is 0.596. The van der Waals surface area contributed by atoms with Crippen LogP contribution in [0.2, 0.25) is 0 Å². The predicted octanol–water partition coefficient (Wildman–Crippen LogP) is 3.84. The molecule has 0 unspecified atom stereocenters. The van der Waals surface area contributed by atoms with Crippen molar-refractivity contribution in [3.05, 3.63) is 47.9 Å². The van der Waals surface area contributed by atoms with Crippen LogP contribution < -0.4 is 10.1 Å². The van der Waals surface area contributed by atoms with E-state index in [1.807, 2.05) is 0 Å². The van der Waals surface area contributed by atoms with Crippen molar-refractivity contribution < 1.29 is 32.2 Å². The molecule has 1 aromatic carbocycles. The highest BCUT2D eigenvalue weighted by atomic mass is 19.4. The van der Waals surface area contributed by atoms with Gasteiger partial charge in [-0.25, -0.2) is 4.98 Å². The highest BCUT2D eigenvalue weighted by Gasteiger charge is 2.37. The van der Waals surface area contributed by atoms with E-state index in [1.165, 1.54) is 20.3 Å². The number of carbonyl (C=O) groups excluding carboxylic acids is 2. The normalized spacial score (nSPS) is 18.2. The average Bonchev–Trinajstić information content (AvgIpc) is 3.13. The number of pyridine rings is 1. The Bertz CT molecular complexity index is 1190. The summed E-state index contributed by atoms with van der Waals surface area (Å²) in [7, 11) is 2.76. The first-order valence-corrected chi connectivity index (χ1v) is 9.70. The number of ether oxygens (including phenoxy) is 2. The first-order chi connectivity index (χ1) is 15.2. The lowest BCUT2D eigenvalue weighted by Gasteiger charge is -2.33. The summed E-state index contributed by atoms with van der Waals surface area (Å²) >= 11 is 0. The predicted molar refractivity (Wildman–Crippen MR) is 107 cm³/mol. The van der Waals surface area contributed by atoms with Crippen LogP contribution in [0.1, 0.15) is 35.1 Å². The number of benzene rings is 1. The third-order valence-electron chi connectivity index (χ3n) is 5.39. The van der Waals surface area contributed by atoms with Crippen LogP contribution >= 0.6 is 0 Å². The van der Waals surface area contributed by atoms with Gasteiger partial charge in [-0.2, -0.15) is 18.3 Å². The Morgan fingerprint density at radius 2 is 1.94 bits per heavy atom. The summed E-state index contributed by atoms with van der Waals surface area (Å²) in [5.74, 6) is -0.903. The van der Waals surface area contributed by atoms with Gasteiger partial charge in [0.15, 0.2) is 0 Å². The molecule has 2 heterocycles. The van der Waals surface area contributed by atoms with Gasteiger partial charge in [-0.3, -0.25) is 14.3 Å². The molecule has 1 saturated carbocycles. The lowest BCUT2D eigenvalue weighted by Crippen LogP contribution is -2.33. The lowest BCUT2D eigenvalue weighted by atomic mass is 9.80. The van der Waals surface area contributed by atoms with Crippen molar-refractivity contribution in [3.8, 4) is 5.75 Å². The van der Waals surface area contributed by atoms with E-state index in [1.54, 1.807) is 23.0 Å². The van der Waals surface area contributed by atoms with Crippen molar-refractivity contribution in [1.29, 1.82) is 0 Å². The minimum absolute atomic E-state index is 0.0462. The van der Waals surface area contributed by atoms with Crippen molar-refractivity contribution >= 4 is 28.5 Å². The number of fused-ring (bicyclic) bond motifs is 1. The maximum Gasteiger partial charge on any atom is 0.433 e. The minimum atomic E-state index is -4.66. The number of aromatic nitrogens is 3. The lowest BCUT2D eigenvalue weighted by molar-refractivity contribution is -0.149. The van der Waals surface area contributed by atoms with Crippen molar-refractivity contribution in [2.24, 2.45) is 5.92 Å². The van der Waals surface area contributed by atoms with Crippen LogP contribution in [0.5, 0.6) is 5.75 Å². The molecule has 0 radical (unpaired) electrons.